The van der Waals surface area contributed by atoms with E-state index in [4.69, 9.17) is 4.42 Å². The number of likely N-dealkylation sites (tertiary alicyclic amines) is 1. The summed E-state index contributed by atoms with van der Waals surface area (Å²) < 4.78 is 7.05. The van der Waals surface area contributed by atoms with Gasteiger partial charge in [0, 0.05) is 25.7 Å². The molecule has 4 rings (SSSR count). The molecule has 1 fully saturated rings. The van der Waals surface area contributed by atoms with E-state index in [1.165, 1.54) is 31.2 Å². The maximum Gasteiger partial charge on any atom is 0.276 e. The van der Waals surface area contributed by atoms with Crippen molar-refractivity contribution in [2.24, 2.45) is 7.05 Å². The van der Waals surface area contributed by atoms with Gasteiger partial charge in [0.15, 0.2) is 12.1 Å². The second kappa shape index (κ2) is 5.81. The fourth-order valence-corrected chi connectivity index (χ4v) is 3.65. The molecule has 7 heteroatoms. The first-order valence-electron chi connectivity index (χ1n) is 8.13. The molecule has 0 bridgehead atoms. The predicted octanol–water partition coefficient (Wildman–Crippen LogP) is 1.07. The molecule has 0 radical (unpaired) electrons. The Hall–Kier alpha value is -2.15. The van der Waals surface area contributed by atoms with Crippen LogP contribution in [-0.4, -0.2) is 55.9 Å². The van der Waals surface area contributed by atoms with Gasteiger partial charge in [0.05, 0.1) is 24.6 Å². The van der Waals surface area contributed by atoms with Crippen molar-refractivity contribution in [3.8, 4) is 0 Å². The zero-order chi connectivity index (χ0) is 15.8. The standard InChI is InChI=1S/C16H21N5O2/c1-19-10-17-13-8-21(16(22)14-9-23-11-18-14)12(6-15(13)19)7-20-4-2-3-5-20/h9-12H,2-8H2,1H3/t12-/m0/s1. The Kier molecular flexibility index (Phi) is 3.65. The largest absolute Gasteiger partial charge is 0.451 e. The van der Waals surface area contributed by atoms with E-state index in [2.05, 4.69) is 19.4 Å². The Labute approximate surface area is 134 Å². The van der Waals surface area contributed by atoms with Crippen LogP contribution in [-0.2, 0) is 20.0 Å². The van der Waals surface area contributed by atoms with Gasteiger partial charge in [-0.3, -0.25) is 4.79 Å². The minimum absolute atomic E-state index is 0.0701. The number of aromatic nitrogens is 3. The molecule has 7 nitrogen and oxygen atoms in total. The molecule has 2 aliphatic rings. The van der Waals surface area contributed by atoms with E-state index in [0.29, 0.717) is 12.2 Å². The highest BCUT2D eigenvalue weighted by Crippen LogP contribution is 2.25. The van der Waals surface area contributed by atoms with E-state index in [1.54, 1.807) is 0 Å². The number of fused-ring (bicyclic) bond motifs is 1. The van der Waals surface area contributed by atoms with E-state index in [1.807, 2.05) is 18.3 Å². The number of aryl methyl sites for hydroxylation is 1. The number of rotatable bonds is 3. The normalized spacial score (nSPS) is 21.6. The maximum atomic E-state index is 12.8. The first-order valence-corrected chi connectivity index (χ1v) is 8.13. The lowest BCUT2D eigenvalue weighted by Crippen LogP contribution is -2.50. The number of imidazole rings is 1. The van der Waals surface area contributed by atoms with Gasteiger partial charge in [-0.25, -0.2) is 9.97 Å². The van der Waals surface area contributed by atoms with Gasteiger partial charge >= 0.3 is 0 Å². The van der Waals surface area contributed by atoms with Crippen molar-refractivity contribution < 1.29 is 9.21 Å². The first-order chi connectivity index (χ1) is 11.2. The van der Waals surface area contributed by atoms with Crippen molar-refractivity contribution in [1.29, 1.82) is 0 Å². The summed E-state index contributed by atoms with van der Waals surface area (Å²) in [7, 11) is 2.02. The fraction of sp³-hybridized carbons (Fsp3) is 0.562. The number of hydrogen-bond acceptors (Lipinski definition) is 5. The Morgan fingerprint density at radius 3 is 2.91 bits per heavy atom. The Bertz CT molecular complexity index is 687. The molecule has 0 N–H and O–H groups in total. The molecule has 1 amide bonds. The Morgan fingerprint density at radius 2 is 2.17 bits per heavy atom. The molecule has 0 unspecified atom stereocenters. The van der Waals surface area contributed by atoms with Crippen LogP contribution in [0.15, 0.2) is 23.4 Å². The SMILES string of the molecule is Cn1cnc2c1C[C@@H](CN1CCCC1)N(C(=O)c1cocn1)C2. The van der Waals surface area contributed by atoms with Crippen molar-refractivity contribution in [3.05, 3.63) is 36.1 Å². The number of hydrogen-bond donors (Lipinski definition) is 0. The molecule has 1 saturated heterocycles. The van der Waals surface area contributed by atoms with Crippen molar-refractivity contribution in [2.45, 2.75) is 31.8 Å². The van der Waals surface area contributed by atoms with E-state index in [0.717, 1.165) is 31.7 Å². The number of amides is 1. The summed E-state index contributed by atoms with van der Waals surface area (Å²) in [5.41, 5.74) is 2.59. The molecule has 2 aromatic rings. The third-order valence-electron chi connectivity index (χ3n) is 4.92. The maximum absolute atomic E-state index is 12.8. The smallest absolute Gasteiger partial charge is 0.276 e. The lowest BCUT2D eigenvalue weighted by molar-refractivity contribution is 0.0581. The monoisotopic (exact) mass is 315 g/mol. The molecule has 122 valence electrons. The zero-order valence-electron chi connectivity index (χ0n) is 13.3. The summed E-state index contributed by atoms with van der Waals surface area (Å²) in [4.78, 5) is 25.6. The van der Waals surface area contributed by atoms with E-state index in [-0.39, 0.29) is 11.9 Å². The molecule has 2 aliphatic heterocycles. The van der Waals surface area contributed by atoms with Gasteiger partial charge in [-0.1, -0.05) is 0 Å². The summed E-state index contributed by atoms with van der Waals surface area (Å²) in [5, 5.41) is 0. The summed E-state index contributed by atoms with van der Waals surface area (Å²) in [5.74, 6) is -0.0701. The minimum Gasteiger partial charge on any atom is -0.451 e. The average Bonchev–Trinajstić information content (AvgIpc) is 3.29. The highest BCUT2D eigenvalue weighted by Gasteiger charge is 2.34. The molecule has 0 saturated carbocycles. The summed E-state index contributed by atoms with van der Waals surface area (Å²) in [6.07, 6.45) is 7.90. The lowest BCUT2D eigenvalue weighted by Gasteiger charge is -2.37. The lowest BCUT2D eigenvalue weighted by atomic mass is 10.0. The minimum atomic E-state index is -0.0701. The van der Waals surface area contributed by atoms with E-state index >= 15 is 0 Å². The van der Waals surface area contributed by atoms with Gasteiger partial charge in [0.1, 0.15) is 6.26 Å². The van der Waals surface area contributed by atoms with Crippen molar-refractivity contribution >= 4 is 5.91 Å². The topological polar surface area (TPSA) is 67.4 Å². The molecule has 0 aromatic carbocycles. The van der Waals surface area contributed by atoms with E-state index in [9.17, 15) is 4.79 Å². The zero-order valence-corrected chi connectivity index (χ0v) is 13.3. The molecule has 0 spiro atoms. The molecule has 1 atom stereocenters. The molecule has 4 heterocycles. The van der Waals surface area contributed by atoms with Crippen LogP contribution in [0, 0.1) is 0 Å². The van der Waals surface area contributed by atoms with Gasteiger partial charge in [-0.05, 0) is 25.9 Å². The van der Waals surface area contributed by atoms with Gasteiger partial charge in [0.25, 0.3) is 5.91 Å². The Balaban J connectivity index is 1.61. The van der Waals surface area contributed by atoms with Crippen LogP contribution in [0.4, 0.5) is 0 Å². The molecule has 0 aliphatic carbocycles. The first kappa shape index (κ1) is 14.4. The van der Waals surface area contributed by atoms with Crippen LogP contribution in [0.25, 0.3) is 0 Å². The molecule has 23 heavy (non-hydrogen) atoms. The summed E-state index contributed by atoms with van der Waals surface area (Å²) in [6.45, 7) is 3.70. The predicted molar refractivity (Wildman–Crippen MR) is 82.8 cm³/mol. The average molecular weight is 315 g/mol. The van der Waals surface area contributed by atoms with Crippen LogP contribution >= 0.6 is 0 Å². The van der Waals surface area contributed by atoms with Crippen LogP contribution < -0.4 is 0 Å². The molecular weight excluding hydrogens is 294 g/mol. The van der Waals surface area contributed by atoms with Crippen LogP contribution in [0.1, 0.15) is 34.7 Å². The van der Waals surface area contributed by atoms with Crippen molar-refractivity contribution in [3.63, 3.8) is 0 Å². The number of carbonyl (C=O) groups is 1. The van der Waals surface area contributed by atoms with Crippen molar-refractivity contribution in [2.75, 3.05) is 19.6 Å². The number of oxazole rings is 1. The van der Waals surface area contributed by atoms with Crippen LogP contribution in [0.5, 0.6) is 0 Å². The van der Waals surface area contributed by atoms with Crippen LogP contribution in [0.3, 0.4) is 0 Å². The van der Waals surface area contributed by atoms with Crippen molar-refractivity contribution in [1.82, 2.24) is 24.3 Å². The number of carbonyl (C=O) groups excluding carboxylic acids is 1. The van der Waals surface area contributed by atoms with E-state index < -0.39 is 0 Å². The van der Waals surface area contributed by atoms with Gasteiger partial charge in [-0.15, -0.1) is 0 Å². The molecule has 2 aromatic heterocycles. The Morgan fingerprint density at radius 1 is 1.35 bits per heavy atom. The van der Waals surface area contributed by atoms with Gasteiger partial charge in [0.2, 0.25) is 0 Å². The molecular formula is C16H21N5O2. The fourth-order valence-electron chi connectivity index (χ4n) is 3.65. The van der Waals surface area contributed by atoms with Gasteiger partial charge < -0.3 is 18.8 Å². The summed E-state index contributed by atoms with van der Waals surface area (Å²) >= 11 is 0. The van der Waals surface area contributed by atoms with Gasteiger partial charge in [-0.2, -0.15) is 0 Å². The second-order valence-electron chi connectivity index (χ2n) is 6.42. The highest BCUT2D eigenvalue weighted by molar-refractivity contribution is 5.92. The van der Waals surface area contributed by atoms with Crippen LogP contribution in [0.2, 0.25) is 0 Å². The third kappa shape index (κ3) is 2.65. The quantitative estimate of drug-likeness (QED) is 0.847. The second-order valence-corrected chi connectivity index (χ2v) is 6.42. The highest BCUT2D eigenvalue weighted by atomic mass is 16.3. The number of nitrogens with zero attached hydrogens (tertiary/aromatic N) is 5. The summed E-state index contributed by atoms with van der Waals surface area (Å²) in [6, 6.07) is 0.153. The third-order valence-corrected chi connectivity index (χ3v) is 4.92.